The summed E-state index contributed by atoms with van der Waals surface area (Å²) in [6.07, 6.45) is 0.823. The molecule has 1 heterocycles. The van der Waals surface area contributed by atoms with E-state index < -0.39 is 0 Å². The largest absolute Gasteiger partial charge is 0.313 e. The highest BCUT2D eigenvalue weighted by molar-refractivity contribution is 9.10. The summed E-state index contributed by atoms with van der Waals surface area (Å²) in [5.41, 5.74) is 3.27. The van der Waals surface area contributed by atoms with Crippen molar-refractivity contribution in [2.75, 3.05) is 7.05 Å². The minimum atomic E-state index is -0.238. The highest BCUT2D eigenvalue weighted by Gasteiger charge is 2.15. The predicted molar refractivity (Wildman–Crippen MR) is 82.2 cm³/mol. The Morgan fingerprint density at radius 2 is 2.15 bits per heavy atom. The molecule has 0 amide bonds. The monoisotopic (exact) mass is 339 g/mol. The van der Waals surface area contributed by atoms with Gasteiger partial charge in [0.25, 0.3) is 0 Å². The Morgan fingerprint density at radius 1 is 1.40 bits per heavy atom. The van der Waals surface area contributed by atoms with E-state index in [1.807, 2.05) is 30.8 Å². The summed E-state index contributed by atoms with van der Waals surface area (Å²) in [7, 11) is 1.92. The van der Waals surface area contributed by atoms with Crippen LogP contribution in [0.2, 0.25) is 0 Å². The minimum Gasteiger partial charge on any atom is -0.313 e. The van der Waals surface area contributed by atoms with Crippen LogP contribution in [0.25, 0.3) is 0 Å². The lowest BCUT2D eigenvalue weighted by molar-refractivity contribution is 0.539. The van der Waals surface area contributed by atoms with Gasteiger partial charge in [-0.3, -0.25) is 4.68 Å². The predicted octanol–water partition coefficient (Wildman–Crippen LogP) is 3.62. The van der Waals surface area contributed by atoms with E-state index in [-0.39, 0.29) is 11.9 Å². The molecule has 2 aromatic rings. The normalized spacial score (nSPS) is 12.7. The Kier molecular flexibility index (Phi) is 4.94. The number of hydrogen-bond acceptors (Lipinski definition) is 2. The quantitative estimate of drug-likeness (QED) is 0.901. The average molecular weight is 340 g/mol. The molecule has 0 aliphatic rings. The van der Waals surface area contributed by atoms with Gasteiger partial charge >= 0.3 is 0 Å². The van der Waals surface area contributed by atoms with Crippen LogP contribution >= 0.6 is 15.9 Å². The van der Waals surface area contributed by atoms with Crippen molar-refractivity contribution in [3.05, 3.63) is 51.5 Å². The second-order valence-electron chi connectivity index (χ2n) is 4.81. The van der Waals surface area contributed by atoms with Gasteiger partial charge in [0.1, 0.15) is 5.82 Å². The molecule has 20 heavy (non-hydrogen) atoms. The van der Waals surface area contributed by atoms with Crippen LogP contribution in [0, 0.1) is 12.7 Å². The van der Waals surface area contributed by atoms with E-state index in [1.165, 1.54) is 11.8 Å². The summed E-state index contributed by atoms with van der Waals surface area (Å²) in [5.74, 6) is -0.238. The number of likely N-dealkylation sites (N-methyl/N-ethyl adjacent to an activating group) is 1. The van der Waals surface area contributed by atoms with Crippen LogP contribution in [-0.4, -0.2) is 16.8 Å². The maximum atomic E-state index is 13.3. The molecule has 0 bridgehead atoms. The maximum absolute atomic E-state index is 13.3. The number of nitrogens with zero attached hydrogens (tertiary/aromatic N) is 2. The molecular formula is C15H19BrFN3. The lowest BCUT2D eigenvalue weighted by Crippen LogP contribution is -2.20. The third-order valence-corrected chi connectivity index (χ3v) is 4.00. The van der Waals surface area contributed by atoms with Gasteiger partial charge in [0.05, 0.1) is 10.2 Å². The molecular weight excluding hydrogens is 321 g/mol. The molecule has 0 aliphatic carbocycles. The van der Waals surface area contributed by atoms with Crippen LogP contribution in [0.15, 0.2) is 28.7 Å². The number of aryl methyl sites for hydroxylation is 2. The first kappa shape index (κ1) is 15.2. The standard InChI is InChI=1S/C15H19BrFN3/c1-4-20-12(7-10(2)19-20)9-15(18-3)11-5-6-14(17)13(16)8-11/h5-8,15,18H,4,9H2,1-3H3. The maximum Gasteiger partial charge on any atom is 0.137 e. The zero-order chi connectivity index (χ0) is 14.7. The van der Waals surface area contributed by atoms with Gasteiger partial charge in [0, 0.05) is 24.7 Å². The topological polar surface area (TPSA) is 29.9 Å². The van der Waals surface area contributed by atoms with Crippen LogP contribution in [0.4, 0.5) is 4.39 Å². The summed E-state index contributed by atoms with van der Waals surface area (Å²) >= 11 is 3.24. The molecule has 0 radical (unpaired) electrons. The highest BCUT2D eigenvalue weighted by atomic mass is 79.9. The Morgan fingerprint density at radius 3 is 2.75 bits per heavy atom. The molecule has 1 N–H and O–H groups in total. The van der Waals surface area contributed by atoms with Gasteiger partial charge in [-0.25, -0.2) is 4.39 Å². The first-order chi connectivity index (χ1) is 9.55. The van der Waals surface area contributed by atoms with Gasteiger partial charge in [-0.15, -0.1) is 0 Å². The number of rotatable bonds is 5. The van der Waals surface area contributed by atoms with E-state index in [0.717, 1.165) is 24.2 Å². The Labute approximate surface area is 127 Å². The van der Waals surface area contributed by atoms with Crippen molar-refractivity contribution in [1.29, 1.82) is 0 Å². The SMILES string of the molecule is CCn1nc(C)cc1CC(NC)c1ccc(F)c(Br)c1. The van der Waals surface area contributed by atoms with E-state index in [9.17, 15) is 4.39 Å². The van der Waals surface area contributed by atoms with Gasteiger partial charge in [-0.1, -0.05) is 6.07 Å². The lowest BCUT2D eigenvalue weighted by atomic mass is 10.0. The second-order valence-corrected chi connectivity index (χ2v) is 5.67. The third-order valence-electron chi connectivity index (χ3n) is 3.39. The summed E-state index contributed by atoms with van der Waals surface area (Å²) < 4.78 is 15.8. The molecule has 5 heteroatoms. The molecule has 108 valence electrons. The lowest BCUT2D eigenvalue weighted by Gasteiger charge is -2.17. The molecule has 0 saturated heterocycles. The molecule has 2 rings (SSSR count). The first-order valence-corrected chi connectivity index (χ1v) is 7.50. The summed E-state index contributed by atoms with van der Waals surface area (Å²) in [4.78, 5) is 0. The van der Waals surface area contributed by atoms with E-state index in [0.29, 0.717) is 4.47 Å². The van der Waals surface area contributed by atoms with E-state index >= 15 is 0 Å². The number of aromatic nitrogens is 2. The van der Waals surface area contributed by atoms with Crippen LogP contribution in [0.5, 0.6) is 0 Å². The fraction of sp³-hybridized carbons (Fsp3) is 0.400. The molecule has 1 atom stereocenters. The number of halogens is 2. The number of benzene rings is 1. The van der Waals surface area contributed by atoms with Gasteiger partial charge in [0.2, 0.25) is 0 Å². The van der Waals surface area contributed by atoms with Crippen molar-refractivity contribution in [3.8, 4) is 0 Å². The highest BCUT2D eigenvalue weighted by Crippen LogP contribution is 2.24. The average Bonchev–Trinajstić information content (AvgIpc) is 2.79. The Hall–Kier alpha value is -1.20. The molecule has 0 fully saturated rings. The van der Waals surface area contributed by atoms with Crippen molar-refractivity contribution < 1.29 is 4.39 Å². The fourth-order valence-electron chi connectivity index (χ4n) is 2.36. The molecule has 1 aromatic carbocycles. The molecule has 1 unspecified atom stereocenters. The van der Waals surface area contributed by atoms with Gasteiger partial charge in [-0.05, 0) is 60.6 Å². The summed E-state index contributed by atoms with van der Waals surface area (Å²) in [6.45, 7) is 4.93. The van der Waals surface area contributed by atoms with E-state index in [1.54, 1.807) is 0 Å². The van der Waals surface area contributed by atoms with Crippen molar-refractivity contribution in [1.82, 2.24) is 15.1 Å². The Bertz CT molecular complexity index is 595. The summed E-state index contributed by atoms with van der Waals surface area (Å²) in [6, 6.07) is 7.38. The molecule has 3 nitrogen and oxygen atoms in total. The number of hydrogen-bond donors (Lipinski definition) is 1. The number of nitrogens with one attached hydrogen (secondary N) is 1. The van der Waals surface area contributed by atoms with Crippen molar-refractivity contribution in [2.45, 2.75) is 32.9 Å². The fourth-order valence-corrected chi connectivity index (χ4v) is 2.76. The van der Waals surface area contributed by atoms with Gasteiger partial charge in [0.15, 0.2) is 0 Å². The van der Waals surface area contributed by atoms with Crippen molar-refractivity contribution in [3.63, 3.8) is 0 Å². The van der Waals surface area contributed by atoms with Crippen molar-refractivity contribution >= 4 is 15.9 Å². The zero-order valence-electron chi connectivity index (χ0n) is 12.0. The first-order valence-electron chi connectivity index (χ1n) is 6.70. The molecule has 0 saturated carbocycles. The van der Waals surface area contributed by atoms with Crippen LogP contribution in [-0.2, 0) is 13.0 Å². The Balaban J connectivity index is 2.26. The van der Waals surface area contributed by atoms with Crippen LogP contribution in [0.1, 0.15) is 29.9 Å². The smallest absolute Gasteiger partial charge is 0.137 e. The molecule has 0 spiro atoms. The van der Waals surface area contributed by atoms with Crippen LogP contribution in [0.3, 0.4) is 0 Å². The molecule has 1 aromatic heterocycles. The third kappa shape index (κ3) is 3.27. The zero-order valence-corrected chi connectivity index (χ0v) is 13.5. The van der Waals surface area contributed by atoms with E-state index in [2.05, 4.69) is 39.3 Å². The minimum absolute atomic E-state index is 0.133. The summed E-state index contributed by atoms with van der Waals surface area (Å²) in [5, 5.41) is 7.75. The van der Waals surface area contributed by atoms with Crippen LogP contribution < -0.4 is 5.32 Å². The molecule has 0 aliphatic heterocycles. The van der Waals surface area contributed by atoms with Crippen molar-refractivity contribution in [2.24, 2.45) is 0 Å². The van der Waals surface area contributed by atoms with E-state index in [4.69, 9.17) is 0 Å². The van der Waals surface area contributed by atoms with Gasteiger partial charge < -0.3 is 5.32 Å². The second kappa shape index (κ2) is 6.50. The van der Waals surface area contributed by atoms with Gasteiger partial charge in [-0.2, -0.15) is 5.10 Å².